The third kappa shape index (κ3) is 1.86. The average molecular weight is 203 g/mol. The molecule has 2 aromatic heterocycles. The van der Waals surface area contributed by atoms with E-state index in [1.807, 2.05) is 13.0 Å². The molecule has 15 heavy (non-hydrogen) atoms. The molecule has 78 valence electrons. The Kier molecular flexibility index (Phi) is 2.45. The van der Waals surface area contributed by atoms with Crippen molar-refractivity contribution < 1.29 is 0 Å². The van der Waals surface area contributed by atoms with E-state index in [-0.39, 0.29) is 0 Å². The van der Waals surface area contributed by atoms with Crippen molar-refractivity contribution in [2.75, 3.05) is 0 Å². The fourth-order valence-corrected chi connectivity index (χ4v) is 1.60. The van der Waals surface area contributed by atoms with E-state index in [0.29, 0.717) is 11.7 Å². The van der Waals surface area contributed by atoms with Crippen molar-refractivity contribution in [3.8, 4) is 11.4 Å². The molecule has 0 unspecified atom stereocenters. The Bertz CT molecular complexity index is 447. The molecule has 5 heteroatoms. The van der Waals surface area contributed by atoms with Gasteiger partial charge in [0.25, 0.3) is 0 Å². The minimum Gasteiger partial charge on any atom is -0.260 e. The van der Waals surface area contributed by atoms with Gasteiger partial charge in [0.05, 0.1) is 0 Å². The highest BCUT2D eigenvalue weighted by Gasteiger charge is 2.08. The molecule has 2 heterocycles. The third-order valence-electron chi connectivity index (χ3n) is 2.27. The van der Waals surface area contributed by atoms with Crippen molar-refractivity contribution >= 4 is 0 Å². The summed E-state index contributed by atoms with van der Waals surface area (Å²) < 4.78 is 0. The van der Waals surface area contributed by atoms with E-state index < -0.39 is 0 Å². The monoisotopic (exact) mass is 203 g/mol. The molecule has 0 aliphatic carbocycles. The van der Waals surface area contributed by atoms with E-state index in [9.17, 15) is 0 Å². The van der Waals surface area contributed by atoms with Crippen molar-refractivity contribution in [3.63, 3.8) is 0 Å². The minimum absolute atomic E-state index is 0.435. The van der Waals surface area contributed by atoms with E-state index >= 15 is 0 Å². The van der Waals surface area contributed by atoms with Gasteiger partial charge in [-0.1, -0.05) is 13.8 Å². The standard InChI is InChI=1S/C10H13N5/c1-6(2)9-7(3)4-8(5-11-9)10-12-14-15-13-10/h4-6H,1-3H3,(H,12,13,14,15). The second-order valence-corrected chi connectivity index (χ2v) is 3.82. The van der Waals surface area contributed by atoms with Crippen LogP contribution in [-0.2, 0) is 0 Å². The van der Waals surface area contributed by atoms with Gasteiger partial charge in [0.1, 0.15) is 0 Å². The molecule has 0 aliphatic rings. The molecule has 0 fully saturated rings. The van der Waals surface area contributed by atoms with Crippen LogP contribution in [0.5, 0.6) is 0 Å². The molecular formula is C10H13N5. The fraction of sp³-hybridized carbons (Fsp3) is 0.400. The molecule has 0 radical (unpaired) electrons. The maximum Gasteiger partial charge on any atom is 0.206 e. The van der Waals surface area contributed by atoms with Crippen LogP contribution < -0.4 is 0 Å². The van der Waals surface area contributed by atoms with Crippen LogP contribution in [0.2, 0.25) is 0 Å². The summed E-state index contributed by atoms with van der Waals surface area (Å²) in [6.07, 6.45) is 1.78. The van der Waals surface area contributed by atoms with Crippen LogP contribution in [-0.4, -0.2) is 25.6 Å². The molecule has 0 spiro atoms. The van der Waals surface area contributed by atoms with Crippen LogP contribution >= 0.6 is 0 Å². The first-order chi connectivity index (χ1) is 7.18. The zero-order valence-corrected chi connectivity index (χ0v) is 9.02. The van der Waals surface area contributed by atoms with Gasteiger partial charge in [-0.15, -0.1) is 10.2 Å². The zero-order chi connectivity index (χ0) is 10.8. The second-order valence-electron chi connectivity index (χ2n) is 3.82. The summed E-state index contributed by atoms with van der Waals surface area (Å²) in [5.41, 5.74) is 3.17. The molecule has 0 amide bonds. The van der Waals surface area contributed by atoms with Crippen LogP contribution in [0.25, 0.3) is 11.4 Å². The average Bonchev–Trinajstić information content (AvgIpc) is 2.69. The van der Waals surface area contributed by atoms with Gasteiger partial charge in [0.15, 0.2) is 0 Å². The molecule has 0 aliphatic heterocycles. The van der Waals surface area contributed by atoms with E-state index in [0.717, 1.165) is 16.8 Å². The van der Waals surface area contributed by atoms with Crippen LogP contribution in [0.3, 0.4) is 0 Å². The zero-order valence-electron chi connectivity index (χ0n) is 9.02. The van der Waals surface area contributed by atoms with Gasteiger partial charge < -0.3 is 0 Å². The molecule has 0 saturated carbocycles. The summed E-state index contributed by atoms with van der Waals surface area (Å²) in [7, 11) is 0. The number of nitrogens with zero attached hydrogens (tertiary/aromatic N) is 4. The first-order valence-corrected chi connectivity index (χ1v) is 4.89. The Morgan fingerprint density at radius 2 is 2.13 bits per heavy atom. The highest BCUT2D eigenvalue weighted by molar-refractivity contribution is 5.54. The summed E-state index contributed by atoms with van der Waals surface area (Å²) in [5, 5.41) is 13.8. The van der Waals surface area contributed by atoms with Gasteiger partial charge in [-0.2, -0.15) is 5.21 Å². The van der Waals surface area contributed by atoms with Gasteiger partial charge in [-0.25, -0.2) is 0 Å². The molecule has 2 rings (SSSR count). The summed E-state index contributed by atoms with van der Waals surface area (Å²) in [6, 6.07) is 2.03. The lowest BCUT2D eigenvalue weighted by atomic mass is 10.0. The largest absolute Gasteiger partial charge is 0.260 e. The number of rotatable bonds is 2. The number of pyridine rings is 1. The van der Waals surface area contributed by atoms with E-state index in [4.69, 9.17) is 0 Å². The summed E-state index contributed by atoms with van der Waals surface area (Å²) in [5.74, 6) is 1.02. The van der Waals surface area contributed by atoms with Gasteiger partial charge in [0.2, 0.25) is 5.82 Å². The Morgan fingerprint density at radius 1 is 1.33 bits per heavy atom. The normalized spacial score (nSPS) is 10.9. The molecule has 1 N–H and O–H groups in total. The lowest BCUT2D eigenvalue weighted by Crippen LogP contribution is -1.97. The maximum absolute atomic E-state index is 4.41. The molecule has 0 atom stereocenters. The quantitative estimate of drug-likeness (QED) is 0.806. The highest BCUT2D eigenvalue weighted by Crippen LogP contribution is 2.20. The molecule has 5 nitrogen and oxygen atoms in total. The van der Waals surface area contributed by atoms with Crippen LogP contribution in [0, 0.1) is 6.92 Å². The molecular weight excluding hydrogens is 190 g/mol. The van der Waals surface area contributed by atoms with Crippen LogP contribution in [0.4, 0.5) is 0 Å². The number of aromatic amines is 1. The number of nitrogens with one attached hydrogen (secondary N) is 1. The smallest absolute Gasteiger partial charge is 0.206 e. The van der Waals surface area contributed by atoms with Crippen molar-refractivity contribution in [1.29, 1.82) is 0 Å². The van der Waals surface area contributed by atoms with Crippen molar-refractivity contribution in [2.24, 2.45) is 0 Å². The lowest BCUT2D eigenvalue weighted by molar-refractivity contribution is 0.812. The number of hydrogen-bond acceptors (Lipinski definition) is 4. The Morgan fingerprint density at radius 3 is 2.67 bits per heavy atom. The van der Waals surface area contributed by atoms with E-state index in [2.05, 4.69) is 39.5 Å². The summed E-state index contributed by atoms with van der Waals surface area (Å²) in [6.45, 7) is 6.30. The van der Waals surface area contributed by atoms with Crippen LogP contribution in [0.1, 0.15) is 31.0 Å². The van der Waals surface area contributed by atoms with Gasteiger partial charge >= 0.3 is 0 Å². The van der Waals surface area contributed by atoms with Crippen molar-refractivity contribution in [1.82, 2.24) is 25.6 Å². The van der Waals surface area contributed by atoms with E-state index in [1.54, 1.807) is 6.20 Å². The van der Waals surface area contributed by atoms with Crippen molar-refractivity contribution in [2.45, 2.75) is 26.7 Å². The van der Waals surface area contributed by atoms with Gasteiger partial charge in [-0.05, 0) is 29.7 Å². The second kappa shape index (κ2) is 3.76. The predicted octanol–water partition coefficient (Wildman–Crippen LogP) is 1.69. The number of H-pyrrole nitrogens is 1. The highest BCUT2D eigenvalue weighted by atomic mass is 15.5. The minimum atomic E-state index is 0.435. The number of hydrogen-bond donors (Lipinski definition) is 1. The summed E-state index contributed by atoms with van der Waals surface area (Å²) >= 11 is 0. The predicted molar refractivity (Wildman–Crippen MR) is 56.2 cm³/mol. The maximum atomic E-state index is 4.41. The Balaban J connectivity index is 2.42. The number of tetrazole rings is 1. The number of aryl methyl sites for hydroxylation is 1. The Hall–Kier alpha value is -1.78. The number of aromatic nitrogens is 5. The third-order valence-corrected chi connectivity index (χ3v) is 2.27. The first-order valence-electron chi connectivity index (χ1n) is 4.89. The summed E-state index contributed by atoms with van der Waals surface area (Å²) in [4.78, 5) is 4.41. The topological polar surface area (TPSA) is 67.3 Å². The molecule has 0 aromatic carbocycles. The Labute approximate surface area is 87.9 Å². The van der Waals surface area contributed by atoms with Crippen LogP contribution in [0.15, 0.2) is 12.3 Å². The SMILES string of the molecule is Cc1cc(-c2nn[nH]n2)cnc1C(C)C. The van der Waals surface area contributed by atoms with Gasteiger partial charge in [-0.3, -0.25) is 4.98 Å². The lowest BCUT2D eigenvalue weighted by Gasteiger charge is -2.08. The van der Waals surface area contributed by atoms with Crippen molar-refractivity contribution in [3.05, 3.63) is 23.5 Å². The molecule has 0 saturated heterocycles. The first kappa shape index (κ1) is 9.76. The molecule has 0 bridgehead atoms. The van der Waals surface area contributed by atoms with Gasteiger partial charge in [0, 0.05) is 17.5 Å². The molecule has 2 aromatic rings. The van der Waals surface area contributed by atoms with E-state index in [1.165, 1.54) is 0 Å². The fourth-order valence-electron chi connectivity index (χ4n) is 1.60.